The first-order valence-electron chi connectivity index (χ1n) is 10.3. The van der Waals surface area contributed by atoms with E-state index in [0.717, 1.165) is 16.3 Å². The molecular formula is C24H27N3O4. The van der Waals surface area contributed by atoms with Gasteiger partial charge in [-0.2, -0.15) is 0 Å². The maximum Gasteiger partial charge on any atom is 0.243 e. The fraction of sp³-hybridized carbons (Fsp3) is 0.292. The number of nitrogens with one attached hydrogen (secondary N) is 3. The Labute approximate surface area is 181 Å². The van der Waals surface area contributed by atoms with Crippen LogP contribution in [-0.4, -0.2) is 30.3 Å². The largest absolute Gasteiger partial charge is 0.467 e. The quantitative estimate of drug-likeness (QED) is 0.494. The van der Waals surface area contributed by atoms with Crippen LogP contribution in [0.2, 0.25) is 0 Å². The van der Waals surface area contributed by atoms with E-state index in [1.165, 1.54) is 6.26 Å². The summed E-state index contributed by atoms with van der Waals surface area (Å²) in [4.78, 5) is 37.2. The fourth-order valence-corrected chi connectivity index (χ4v) is 3.32. The molecule has 7 nitrogen and oxygen atoms in total. The Morgan fingerprint density at radius 3 is 2.42 bits per heavy atom. The molecule has 0 bridgehead atoms. The highest BCUT2D eigenvalue weighted by atomic mass is 16.3. The van der Waals surface area contributed by atoms with Crippen molar-refractivity contribution in [1.29, 1.82) is 0 Å². The lowest BCUT2D eigenvalue weighted by molar-refractivity contribution is -0.131. The zero-order chi connectivity index (χ0) is 22.2. The second kappa shape index (κ2) is 10.4. The van der Waals surface area contributed by atoms with Gasteiger partial charge >= 0.3 is 0 Å². The van der Waals surface area contributed by atoms with E-state index in [0.29, 0.717) is 5.76 Å². The molecular weight excluding hydrogens is 394 g/mol. The van der Waals surface area contributed by atoms with Crippen molar-refractivity contribution in [2.75, 3.05) is 6.54 Å². The molecule has 31 heavy (non-hydrogen) atoms. The summed E-state index contributed by atoms with van der Waals surface area (Å²) in [5.74, 6) is -0.487. The minimum Gasteiger partial charge on any atom is -0.467 e. The molecule has 0 unspecified atom stereocenters. The van der Waals surface area contributed by atoms with E-state index in [2.05, 4.69) is 16.0 Å². The Kier molecular flexibility index (Phi) is 7.43. The van der Waals surface area contributed by atoms with Crippen LogP contribution in [0.15, 0.2) is 65.3 Å². The van der Waals surface area contributed by atoms with Crippen LogP contribution in [0.3, 0.4) is 0 Å². The van der Waals surface area contributed by atoms with Crippen LogP contribution in [0, 0.1) is 5.92 Å². The normalized spacial score (nSPS) is 11.8. The molecule has 3 rings (SSSR count). The molecule has 0 radical (unpaired) electrons. The van der Waals surface area contributed by atoms with Gasteiger partial charge in [-0.05, 0) is 34.4 Å². The predicted octanol–water partition coefficient (Wildman–Crippen LogP) is 2.55. The lowest BCUT2D eigenvalue weighted by atomic mass is 10.0. The maximum absolute atomic E-state index is 12.7. The molecule has 1 heterocycles. The molecule has 2 aromatic carbocycles. The summed E-state index contributed by atoms with van der Waals surface area (Å²) in [6.45, 7) is 3.76. The molecule has 3 amide bonds. The predicted molar refractivity (Wildman–Crippen MR) is 118 cm³/mol. The second-order valence-electron chi connectivity index (χ2n) is 7.68. The summed E-state index contributed by atoms with van der Waals surface area (Å²) in [7, 11) is 0. The second-order valence-corrected chi connectivity index (χ2v) is 7.68. The Bertz CT molecular complexity index is 1040. The van der Waals surface area contributed by atoms with E-state index in [1.807, 2.05) is 56.3 Å². The van der Waals surface area contributed by atoms with Crippen molar-refractivity contribution in [2.45, 2.75) is 32.9 Å². The van der Waals surface area contributed by atoms with Gasteiger partial charge in [0.15, 0.2) is 0 Å². The summed E-state index contributed by atoms with van der Waals surface area (Å²) in [5, 5.41) is 10.1. The van der Waals surface area contributed by atoms with Crippen molar-refractivity contribution in [1.82, 2.24) is 16.0 Å². The topological polar surface area (TPSA) is 100 Å². The van der Waals surface area contributed by atoms with Crippen molar-refractivity contribution >= 4 is 28.5 Å². The minimum absolute atomic E-state index is 0.136. The van der Waals surface area contributed by atoms with Gasteiger partial charge in [0.25, 0.3) is 0 Å². The van der Waals surface area contributed by atoms with E-state index < -0.39 is 11.9 Å². The molecule has 0 aliphatic carbocycles. The van der Waals surface area contributed by atoms with Crippen LogP contribution in [0.5, 0.6) is 0 Å². The first kappa shape index (κ1) is 22.1. The van der Waals surface area contributed by atoms with Crippen molar-refractivity contribution in [2.24, 2.45) is 5.92 Å². The van der Waals surface area contributed by atoms with E-state index >= 15 is 0 Å². The average molecular weight is 421 g/mol. The molecule has 162 valence electrons. The van der Waals surface area contributed by atoms with Crippen LogP contribution in [0.1, 0.15) is 25.2 Å². The number of amides is 3. The van der Waals surface area contributed by atoms with Crippen LogP contribution in [0.4, 0.5) is 0 Å². The highest BCUT2D eigenvalue weighted by Crippen LogP contribution is 2.19. The van der Waals surface area contributed by atoms with Gasteiger partial charge in [-0.1, -0.05) is 56.3 Å². The highest BCUT2D eigenvalue weighted by molar-refractivity contribution is 5.93. The van der Waals surface area contributed by atoms with Gasteiger partial charge in [0.05, 0.1) is 25.8 Å². The zero-order valence-electron chi connectivity index (χ0n) is 17.7. The molecule has 3 aromatic rings. The van der Waals surface area contributed by atoms with Crippen LogP contribution in [-0.2, 0) is 27.3 Å². The number of carbonyl (C=O) groups is 3. The average Bonchev–Trinajstić information content (AvgIpc) is 3.28. The molecule has 1 atom stereocenters. The molecule has 0 fully saturated rings. The number of benzene rings is 2. The molecule has 0 saturated carbocycles. The maximum atomic E-state index is 12.7. The van der Waals surface area contributed by atoms with Gasteiger partial charge in [0.2, 0.25) is 17.7 Å². The van der Waals surface area contributed by atoms with Gasteiger partial charge in [0.1, 0.15) is 11.8 Å². The number of carbonyl (C=O) groups excluding carboxylic acids is 3. The van der Waals surface area contributed by atoms with Crippen molar-refractivity contribution in [3.05, 3.63) is 72.2 Å². The molecule has 7 heteroatoms. The minimum atomic E-state index is -0.736. The van der Waals surface area contributed by atoms with Crippen molar-refractivity contribution < 1.29 is 18.8 Å². The van der Waals surface area contributed by atoms with Crippen molar-refractivity contribution in [3.8, 4) is 0 Å². The summed E-state index contributed by atoms with van der Waals surface area (Å²) in [6, 6.07) is 16.4. The highest BCUT2D eigenvalue weighted by Gasteiger charge is 2.24. The van der Waals surface area contributed by atoms with Crippen LogP contribution < -0.4 is 16.0 Å². The summed E-state index contributed by atoms with van der Waals surface area (Å²) < 4.78 is 5.15. The van der Waals surface area contributed by atoms with Crippen LogP contribution >= 0.6 is 0 Å². The van der Waals surface area contributed by atoms with E-state index in [1.54, 1.807) is 12.1 Å². The number of hydrogen-bond donors (Lipinski definition) is 3. The third-order valence-electron chi connectivity index (χ3n) is 4.96. The number of hydrogen-bond acceptors (Lipinski definition) is 4. The third-order valence-corrected chi connectivity index (χ3v) is 4.96. The summed E-state index contributed by atoms with van der Waals surface area (Å²) >= 11 is 0. The Morgan fingerprint density at radius 1 is 0.903 bits per heavy atom. The number of furan rings is 1. The molecule has 3 N–H and O–H groups in total. The number of fused-ring (bicyclic) bond motifs is 1. The lowest BCUT2D eigenvalue weighted by Crippen LogP contribution is -2.51. The SMILES string of the molecule is CC(C)[C@H](NC(=O)Cc1cccc2ccccc12)C(=O)NCC(=O)NCc1ccco1. The molecule has 0 saturated heterocycles. The monoisotopic (exact) mass is 421 g/mol. The zero-order valence-corrected chi connectivity index (χ0v) is 17.7. The smallest absolute Gasteiger partial charge is 0.243 e. The van der Waals surface area contributed by atoms with E-state index in [-0.39, 0.29) is 37.2 Å². The van der Waals surface area contributed by atoms with Crippen molar-refractivity contribution in [3.63, 3.8) is 0 Å². The Balaban J connectivity index is 1.53. The fourth-order valence-electron chi connectivity index (χ4n) is 3.32. The third kappa shape index (κ3) is 6.18. The Hall–Kier alpha value is -3.61. The Morgan fingerprint density at radius 2 is 1.68 bits per heavy atom. The summed E-state index contributed by atoms with van der Waals surface area (Å²) in [6.07, 6.45) is 1.69. The molecule has 1 aromatic heterocycles. The van der Waals surface area contributed by atoms with Crippen LogP contribution in [0.25, 0.3) is 10.8 Å². The van der Waals surface area contributed by atoms with E-state index in [4.69, 9.17) is 4.42 Å². The standard InChI is InChI=1S/C24H27N3O4/c1-16(2)23(24(30)26-15-22(29)25-14-19-10-6-12-31-19)27-21(28)13-18-9-5-8-17-7-3-4-11-20(17)18/h3-12,16,23H,13-15H2,1-2H3,(H,25,29)(H,26,30)(H,27,28)/t23-/m0/s1. The molecule has 0 aliphatic rings. The lowest BCUT2D eigenvalue weighted by Gasteiger charge is -2.22. The van der Waals surface area contributed by atoms with Gasteiger partial charge in [0, 0.05) is 0 Å². The number of rotatable bonds is 9. The first-order chi connectivity index (χ1) is 14.9. The van der Waals surface area contributed by atoms with Gasteiger partial charge in [-0.15, -0.1) is 0 Å². The van der Waals surface area contributed by atoms with Gasteiger partial charge < -0.3 is 20.4 Å². The molecule has 0 aliphatic heterocycles. The summed E-state index contributed by atoms with van der Waals surface area (Å²) in [5.41, 5.74) is 0.899. The van der Waals surface area contributed by atoms with Gasteiger partial charge in [-0.3, -0.25) is 14.4 Å². The van der Waals surface area contributed by atoms with E-state index in [9.17, 15) is 14.4 Å². The molecule has 0 spiro atoms. The first-order valence-corrected chi connectivity index (χ1v) is 10.3. The van der Waals surface area contributed by atoms with Gasteiger partial charge in [-0.25, -0.2) is 0 Å².